The minimum Gasteiger partial charge on any atom is -0.549 e. The zero-order chi connectivity index (χ0) is 21.0. The molecule has 0 rings (SSSR count). The molecule has 0 saturated carbocycles. The predicted octanol–water partition coefficient (Wildman–Crippen LogP) is -4.83. The summed E-state index contributed by atoms with van der Waals surface area (Å²) in [6, 6.07) is 0. The third-order valence-electron chi connectivity index (χ3n) is 5.67. The molecule has 0 aliphatic heterocycles. The second-order valence-electron chi connectivity index (χ2n) is 8.28. The predicted molar refractivity (Wildman–Crippen MR) is 94.4 cm³/mol. The summed E-state index contributed by atoms with van der Waals surface area (Å²) < 4.78 is 33.7. The third kappa shape index (κ3) is 6.94. The van der Waals surface area contributed by atoms with Crippen LogP contribution in [0.25, 0.3) is 0 Å². The Hall–Kier alpha value is 0.850. The van der Waals surface area contributed by atoms with E-state index in [0.717, 1.165) is 0 Å². The van der Waals surface area contributed by atoms with E-state index < -0.39 is 43.6 Å². The van der Waals surface area contributed by atoms with Crippen molar-refractivity contribution in [2.45, 2.75) is 85.3 Å². The second kappa shape index (κ2) is 12.6. The van der Waals surface area contributed by atoms with Gasteiger partial charge >= 0.3 is 59.1 Å². The number of unbranched alkanes of at least 4 members (excludes halogenated alkanes) is 2. The molecule has 0 aromatic heterocycles. The van der Waals surface area contributed by atoms with E-state index in [9.17, 15) is 32.8 Å². The van der Waals surface area contributed by atoms with Crippen molar-refractivity contribution >= 4 is 22.1 Å². The fraction of sp³-hybridized carbons (Fsp3) is 0.889. The molecule has 7 nitrogen and oxygen atoms in total. The smallest absolute Gasteiger partial charge is 0.549 e. The molecule has 0 radical (unpaired) electrons. The van der Waals surface area contributed by atoms with E-state index in [2.05, 4.69) is 0 Å². The first-order valence-corrected chi connectivity index (χ1v) is 10.5. The Balaban J connectivity index is -0.00000312. The standard InChI is InChI=1S/C18H34O7S.2Na/c1-7-9-11-16(3,4)18(15(21)22,17(5,6)12-10-8-2)13(14(19)20)26(23,24)25;;/h13H,7-12H2,1-6H3,(H,19,20)(H,21,22)(H,23,24,25);;/q;2*+1/p-2. The van der Waals surface area contributed by atoms with Crippen LogP contribution in [0, 0.1) is 16.2 Å². The van der Waals surface area contributed by atoms with Crippen LogP contribution >= 0.6 is 0 Å². The van der Waals surface area contributed by atoms with Crippen LogP contribution in [-0.4, -0.2) is 30.2 Å². The minimum atomic E-state index is -5.27. The maximum Gasteiger partial charge on any atom is 1.00 e. The monoisotopic (exact) mass is 438 g/mol. The third-order valence-corrected chi connectivity index (χ3v) is 6.81. The zero-order valence-electron chi connectivity index (χ0n) is 18.6. The molecule has 0 bridgehead atoms. The van der Waals surface area contributed by atoms with Gasteiger partial charge in [0.15, 0.2) is 0 Å². The van der Waals surface area contributed by atoms with Crippen LogP contribution in [-0.2, 0) is 19.7 Å². The van der Waals surface area contributed by atoms with E-state index in [1.807, 2.05) is 13.8 Å². The number of rotatable bonds is 12. The Labute approximate surface area is 213 Å². The first-order chi connectivity index (χ1) is 11.6. The molecule has 10 heteroatoms. The number of carbonyl (C=O) groups excluding carboxylic acids is 2. The maximum atomic E-state index is 12.5. The van der Waals surface area contributed by atoms with Crippen molar-refractivity contribution in [3.05, 3.63) is 0 Å². The van der Waals surface area contributed by atoms with Gasteiger partial charge in [-0.2, -0.15) is 8.42 Å². The van der Waals surface area contributed by atoms with Crippen LogP contribution in [0.4, 0.5) is 0 Å². The van der Waals surface area contributed by atoms with Gasteiger partial charge in [0.2, 0.25) is 0 Å². The average molecular weight is 438 g/mol. The summed E-state index contributed by atoms with van der Waals surface area (Å²) in [5, 5.41) is 21.6. The molecule has 28 heavy (non-hydrogen) atoms. The van der Waals surface area contributed by atoms with Gasteiger partial charge in [-0.3, -0.25) is 4.55 Å². The van der Waals surface area contributed by atoms with Crippen molar-refractivity contribution in [2.75, 3.05) is 0 Å². The Bertz CT molecular complexity index is 595. The molecule has 154 valence electrons. The molecule has 0 heterocycles. The van der Waals surface area contributed by atoms with Gasteiger partial charge in [-0.05, 0) is 23.7 Å². The summed E-state index contributed by atoms with van der Waals surface area (Å²) >= 11 is 0. The Morgan fingerprint density at radius 3 is 1.39 bits per heavy atom. The van der Waals surface area contributed by atoms with Gasteiger partial charge in [0.1, 0.15) is 5.25 Å². The van der Waals surface area contributed by atoms with Crippen LogP contribution in [0.3, 0.4) is 0 Å². The minimum absolute atomic E-state index is 0. The van der Waals surface area contributed by atoms with Gasteiger partial charge in [0.05, 0.1) is 11.9 Å². The van der Waals surface area contributed by atoms with Crippen LogP contribution in [0.15, 0.2) is 0 Å². The second-order valence-corrected chi connectivity index (χ2v) is 9.79. The average Bonchev–Trinajstić information content (AvgIpc) is 2.45. The molecule has 1 unspecified atom stereocenters. The molecule has 1 N–H and O–H groups in total. The van der Waals surface area contributed by atoms with Crippen LogP contribution in [0.2, 0.25) is 0 Å². The summed E-state index contributed by atoms with van der Waals surface area (Å²) in [6.07, 6.45) is 3.07. The molecule has 0 spiro atoms. The van der Waals surface area contributed by atoms with Crippen molar-refractivity contribution in [2.24, 2.45) is 16.2 Å². The first-order valence-electron chi connectivity index (χ1n) is 9.02. The van der Waals surface area contributed by atoms with Crippen molar-refractivity contribution < 1.29 is 91.9 Å². The molecule has 0 aliphatic carbocycles. The summed E-state index contributed by atoms with van der Waals surface area (Å²) in [6.45, 7) is 9.86. The van der Waals surface area contributed by atoms with Gasteiger partial charge in [0.25, 0.3) is 10.1 Å². The molecule has 0 fully saturated rings. The Morgan fingerprint density at radius 1 is 0.893 bits per heavy atom. The van der Waals surface area contributed by atoms with E-state index in [0.29, 0.717) is 25.7 Å². The summed E-state index contributed by atoms with van der Waals surface area (Å²) in [5.41, 5.74) is -4.96. The number of hydrogen-bond donors (Lipinski definition) is 1. The molecule has 0 amide bonds. The summed E-state index contributed by atoms with van der Waals surface area (Å²) in [7, 11) is -5.27. The number of hydrogen-bond acceptors (Lipinski definition) is 6. The number of carboxylic acid groups (broad SMARTS) is 2. The topological polar surface area (TPSA) is 135 Å². The number of carboxylic acids is 2. The fourth-order valence-corrected chi connectivity index (χ4v) is 5.86. The van der Waals surface area contributed by atoms with Gasteiger partial charge < -0.3 is 19.8 Å². The molecule has 1 atom stereocenters. The van der Waals surface area contributed by atoms with E-state index in [1.54, 1.807) is 0 Å². The van der Waals surface area contributed by atoms with E-state index in [4.69, 9.17) is 0 Å². The molecular formula is C18H32Na2O7S. The maximum absolute atomic E-state index is 12.5. The van der Waals surface area contributed by atoms with Crippen molar-refractivity contribution in [3.8, 4) is 0 Å². The quantitative estimate of drug-likeness (QED) is 0.239. The van der Waals surface area contributed by atoms with Crippen LogP contribution < -0.4 is 69.3 Å². The molecule has 0 aliphatic rings. The van der Waals surface area contributed by atoms with E-state index in [1.165, 1.54) is 27.7 Å². The van der Waals surface area contributed by atoms with Gasteiger partial charge in [-0.15, -0.1) is 0 Å². The van der Waals surface area contributed by atoms with Gasteiger partial charge in [-0.25, -0.2) is 0 Å². The van der Waals surface area contributed by atoms with Gasteiger partial charge in [0, 0.05) is 5.41 Å². The first kappa shape index (κ1) is 33.5. The number of carbonyl (C=O) groups is 2. The summed E-state index contributed by atoms with van der Waals surface area (Å²) in [4.78, 5) is 24.3. The van der Waals surface area contributed by atoms with Gasteiger partial charge in [-0.1, -0.05) is 67.2 Å². The number of aliphatic carboxylic acids is 2. The largest absolute Gasteiger partial charge is 1.00 e. The normalized spacial score (nSPS) is 13.8. The Morgan fingerprint density at radius 2 is 1.21 bits per heavy atom. The van der Waals surface area contributed by atoms with Crippen molar-refractivity contribution in [1.29, 1.82) is 0 Å². The Kier molecular flexibility index (Phi) is 15.1. The van der Waals surface area contributed by atoms with Crippen LogP contribution in [0.5, 0.6) is 0 Å². The zero-order valence-corrected chi connectivity index (χ0v) is 23.4. The van der Waals surface area contributed by atoms with Crippen molar-refractivity contribution in [1.82, 2.24) is 0 Å². The summed E-state index contributed by atoms with van der Waals surface area (Å²) in [5.74, 6) is -3.93. The molecule has 0 aromatic carbocycles. The SMILES string of the molecule is CCCCC(C)(C)C(C(=O)[O-])(C(C(=O)[O-])S(=O)(=O)O)C(C)(C)CCCC.[Na+].[Na+]. The van der Waals surface area contributed by atoms with E-state index in [-0.39, 0.29) is 72.0 Å². The fourth-order valence-electron chi connectivity index (χ4n) is 4.44. The molecule has 0 saturated heterocycles. The molecule has 0 aromatic rings. The van der Waals surface area contributed by atoms with Crippen molar-refractivity contribution in [3.63, 3.8) is 0 Å². The van der Waals surface area contributed by atoms with Crippen LogP contribution in [0.1, 0.15) is 80.1 Å². The molecular weight excluding hydrogens is 406 g/mol. The van der Waals surface area contributed by atoms with E-state index >= 15 is 0 Å².